The van der Waals surface area contributed by atoms with Gasteiger partial charge < -0.3 is 10.0 Å². The molecule has 2 aromatic rings. The van der Waals surface area contributed by atoms with E-state index in [1.54, 1.807) is 6.92 Å². The van der Waals surface area contributed by atoms with Crippen molar-refractivity contribution in [3.05, 3.63) is 40.4 Å². The van der Waals surface area contributed by atoms with E-state index in [2.05, 4.69) is 22.0 Å². The lowest BCUT2D eigenvalue weighted by molar-refractivity contribution is 0.0701. The smallest absolute Gasteiger partial charge is 0.347 e. The fourth-order valence-corrected chi connectivity index (χ4v) is 3.18. The highest BCUT2D eigenvalue weighted by Gasteiger charge is 2.24. The van der Waals surface area contributed by atoms with Gasteiger partial charge in [-0.1, -0.05) is 29.5 Å². The summed E-state index contributed by atoms with van der Waals surface area (Å²) < 4.78 is 0. The molecule has 0 saturated carbocycles. The van der Waals surface area contributed by atoms with Crippen molar-refractivity contribution in [1.29, 1.82) is 0 Å². The summed E-state index contributed by atoms with van der Waals surface area (Å²) in [6, 6.07) is 8.18. The molecular formula is C13H12N2O2S. The molecule has 1 aliphatic heterocycles. The number of rotatable bonds is 2. The number of nitrogens with zero attached hydrogens (tertiary/aromatic N) is 2. The molecule has 1 aromatic heterocycles. The number of fused-ring (bicyclic) bond motifs is 1. The quantitative estimate of drug-likeness (QED) is 0.902. The Bertz CT molecular complexity index is 621. The third-order valence-electron chi connectivity index (χ3n) is 3.10. The lowest BCUT2D eigenvalue weighted by atomic mass is 10.2. The van der Waals surface area contributed by atoms with Crippen LogP contribution in [0.5, 0.6) is 0 Å². The summed E-state index contributed by atoms with van der Waals surface area (Å²) >= 11 is 1.24. The lowest BCUT2D eigenvalue weighted by Gasteiger charge is -2.15. The van der Waals surface area contributed by atoms with Crippen LogP contribution in [-0.2, 0) is 6.42 Å². The number of carbonyl (C=O) groups is 1. The van der Waals surface area contributed by atoms with Gasteiger partial charge in [0.2, 0.25) is 0 Å². The Balaban J connectivity index is 2.03. The maximum atomic E-state index is 11.0. The zero-order valence-corrected chi connectivity index (χ0v) is 10.7. The first-order chi connectivity index (χ1) is 8.66. The van der Waals surface area contributed by atoms with Crippen LogP contribution in [0.15, 0.2) is 24.3 Å². The minimum Gasteiger partial charge on any atom is -0.477 e. The van der Waals surface area contributed by atoms with E-state index in [1.807, 2.05) is 12.1 Å². The van der Waals surface area contributed by atoms with E-state index in [9.17, 15) is 4.79 Å². The Kier molecular flexibility index (Phi) is 2.56. The number of benzene rings is 1. The molecule has 0 radical (unpaired) electrons. The standard InChI is InChI=1S/C13H12N2O2S/c1-8-11(12(16)17)18-13(14-8)15-7-6-9-4-2-3-5-10(9)15/h2-5H,6-7H2,1H3,(H,16,17). The number of thiazole rings is 1. The first-order valence-electron chi connectivity index (χ1n) is 5.73. The Morgan fingerprint density at radius 1 is 1.44 bits per heavy atom. The summed E-state index contributed by atoms with van der Waals surface area (Å²) in [5, 5.41) is 9.84. The van der Waals surface area contributed by atoms with Crippen molar-refractivity contribution in [2.45, 2.75) is 13.3 Å². The van der Waals surface area contributed by atoms with E-state index in [0.717, 1.165) is 23.8 Å². The number of hydrogen-bond acceptors (Lipinski definition) is 4. The summed E-state index contributed by atoms with van der Waals surface area (Å²) in [7, 11) is 0. The third kappa shape index (κ3) is 1.67. The van der Waals surface area contributed by atoms with E-state index < -0.39 is 5.97 Å². The molecule has 1 aromatic carbocycles. The summed E-state index contributed by atoms with van der Waals surface area (Å²) in [6.45, 7) is 2.61. The molecule has 0 aliphatic carbocycles. The molecule has 92 valence electrons. The van der Waals surface area contributed by atoms with E-state index in [1.165, 1.54) is 16.9 Å². The Morgan fingerprint density at radius 3 is 2.94 bits per heavy atom. The van der Waals surface area contributed by atoms with Gasteiger partial charge in [0.05, 0.1) is 5.69 Å². The van der Waals surface area contributed by atoms with E-state index >= 15 is 0 Å². The Morgan fingerprint density at radius 2 is 2.22 bits per heavy atom. The molecule has 1 aliphatic rings. The van der Waals surface area contributed by atoms with Crippen LogP contribution in [0.25, 0.3) is 0 Å². The summed E-state index contributed by atoms with van der Waals surface area (Å²) in [5.41, 5.74) is 3.03. The fourth-order valence-electron chi connectivity index (χ4n) is 2.23. The topological polar surface area (TPSA) is 53.4 Å². The SMILES string of the molecule is Cc1nc(N2CCc3ccccc32)sc1C(=O)O. The van der Waals surface area contributed by atoms with Crippen LogP contribution >= 0.6 is 11.3 Å². The zero-order chi connectivity index (χ0) is 12.7. The second-order valence-corrected chi connectivity index (χ2v) is 5.22. The summed E-state index contributed by atoms with van der Waals surface area (Å²) in [5.74, 6) is -0.899. The summed E-state index contributed by atoms with van der Waals surface area (Å²) in [4.78, 5) is 17.8. The fraction of sp³-hybridized carbons (Fsp3) is 0.231. The van der Waals surface area contributed by atoms with E-state index in [4.69, 9.17) is 5.11 Å². The van der Waals surface area contributed by atoms with Gasteiger partial charge in [-0.15, -0.1) is 0 Å². The number of aryl methyl sites for hydroxylation is 1. The first kappa shape index (κ1) is 11.2. The van der Waals surface area contributed by atoms with Crippen LogP contribution in [-0.4, -0.2) is 22.6 Å². The lowest BCUT2D eigenvalue weighted by Crippen LogP contribution is -2.12. The van der Waals surface area contributed by atoms with Gasteiger partial charge in [-0.2, -0.15) is 0 Å². The predicted octanol–water partition coefficient (Wildman–Crippen LogP) is 2.84. The molecule has 0 amide bonds. The van der Waals surface area contributed by atoms with Crippen molar-refractivity contribution in [3.63, 3.8) is 0 Å². The minimum atomic E-state index is -0.899. The zero-order valence-electron chi connectivity index (χ0n) is 9.88. The molecule has 0 atom stereocenters. The Hall–Kier alpha value is -1.88. The van der Waals surface area contributed by atoms with Gasteiger partial charge >= 0.3 is 5.97 Å². The van der Waals surface area contributed by atoms with E-state index in [-0.39, 0.29) is 0 Å². The average molecular weight is 260 g/mol. The number of carboxylic acids is 1. The second kappa shape index (κ2) is 4.10. The number of aromatic nitrogens is 1. The molecule has 0 spiro atoms. The second-order valence-electron chi connectivity index (χ2n) is 4.25. The average Bonchev–Trinajstić information content (AvgIpc) is 2.92. The molecular weight excluding hydrogens is 248 g/mol. The number of para-hydroxylation sites is 1. The molecule has 0 bridgehead atoms. The maximum Gasteiger partial charge on any atom is 0.347 e. The van der Waals surface area contributed by atoms with Gasteiger partial charge in [-0.3, -0.25) is 0 Å². The highest BCUT2D eigenvalue weighted by Crippen LogP contribution is 2.37. The maximum absolute atomic E-state index is 11.0. The van der Waals surface area contributed by atoms with Gasteiger partial charge in [0, 0.05) is 12.2 Å². The molecule has 4 nitrogen and oxygen atoms in total. The van der Waals surface area contributed by atoms with Gasteiger partial charge in [0.1, 0.15) is 4.88 Å². The van der Waals surface area contributed by atoms with E-state index in [0.29, 0.717) is 10.6 Å². The van der Waals surface area contributed by atoms with Crippen LogP contribution in [0, 0.1) is 6.92 Å². The van der Waals surface area contributed by atoms with Crippen LogP contribution < -0.4 is 4.90 Å². The molecule has 3 rings (SSSR count). The molecule has 0 fully saturated rings. The van der Waals surface area contributed by atoms with Crippen molar-refractivity contribution >= 4 is 28.1 Å². The number of anilines is 2. The summed E-state index contributed by atoms with van der Waals surface area (Å²) in [6.07, 6.45) is 0.983. The molecule has 0 saturated heterocycles. The van der Waals surface area contributed by atoms with Crippen LogP contribution in [0.1, 0.15) is 20.9 Å². The van der Waals surface area contributed by atoms with Crippen LogP contribution in [0.2, 0.25) is 0 Å². The van der Waals surface area contributed by atoms with Gasteiger partial charge in [-0.25, -0.2) is 9.78 Å². The monoisotopic (exact) mass is 260 g/mol. The number of carboxylic acid groups (broad SMARTS) is 1. The van der Waals surface area contributed by atoms with Crippen molar-refractivity contribution in [2.24, 2.45) is 0 Å². The van der Waals surface area contributed by atoms with Crippen molar-refractivity contribution in [2.75, 3.05) is 11.4 Å². The minimum absolute atomic E-state index is 0.328. The third-order valence-corrected chi connectivity index (χ3v) is 4.27. The number of hydrogen-bond donors (Lipinski definition) is 1. The largest absolute Gasteiger partial charge is 0.477 e. The van der Waals surface area contributed by atoms with Gasteiger partial charge in [-0.05, 0) is 25.0 Å². The molecule has 18 heavy (non-hydrogen) atoms. The first-order valence-corrected chi connectivity index (χ1v) is 6.54. The van der Waals surface area contributed by atoms with Crippen molar-refractivity contribution in [3.8, 4) is 0 Å². The van der Waals surface area contributed by atoms with Crippen molar-refractivity contribution in [1.82, 2.24) is 4.98 Å². The highest BCUT2D eigenvalue weighted by atomic mass is 32.1. The normalized spacial score (nSPS) is 13.7. The molecule has 2 heterocycles. The van der Waals surface area contributed by atoms with Gasteiger partial charge in [0.15, 0.2) is 5.13 Å². The van der Waals surface area contributed by atoms with Crippen LogP contribution in [0.4, 0.5) is 10.8 Å². The Labute approximate surface area is 109 Å². The van der Waals surface area contributed by atoms with Crippen molar-refractivity contribution < 1.29 is 9.90 Å². The van der Waals surface area contributed by atoms with Crippen LogP contribution in [0.3, 0.4) is 0 Å². The van der Waals surface area contributed by atoms with Gasteiger partial charge in [0.25, 0.3) is 0 Å². The molecule has 5 heteroatoms. The molecule has 0 unspecified atom stereocenters. The number of aromatic carboxylic acids is 1. The molecule has 1 N–H and O–H groups in total. The predicted molar refractivity (Wildman–Crippen MR) is 71.0 cm³/mol. The highest BCUT2D eigenvalue weighted by molar-refractivity contribution is 7.17.